The molecule has 2 atom stereocenters. The Labute approximate surface area is 163 Å². The van der Waals surface area contributed by atoms with Gasteiger partial charge in [0.2, 0.25) is 15.9 Å². The summed E-state index contributed by atoms with van der Waals surface area (Å²) in [5.74, 6) is -1.75. The number of hydrogen-bond acceptors (Lipinski definition) is 5. The van der Waals surface area contributed by atoms with Crippen LogP contribution in [0.4, 0.5) is 0 Å². The summed E-state index contributed by atoms with van der Waals surface area (Å²) < 4.78 is 27.1. The van der Waals surface area contributed by atoms with E-state index in [1.54, 1.807) is 30.3 Å². The van der Waals surface area contributed by atoms with Gasteiger partial charge in [-0.05, 0) is 30.2 Å². The predicted molar refractivity (Wildman–Crippen MR) is 101 cm³/mol. The van der Waals surface area contributed by atoms with Crippen LogP contribution in [0.5, 0.6) is 0 Å². The summed E-state index contributed by atoms with van der Waals surface area (Å²) in [4.78, 5) is 30.5. The van der Waals surface area contributed by atoms with E-state index in [-0.39, 0.29) is 4.90 Å². The number of benzene rings is 1. The van der Waals surface area contributed by atoms with Crippen molar-refractivity contribution < 1.29 is 23.1 Å². The van der Waals surface area contributed by atoms with Crippen molar-refractivity contribution in [2.75, 3.05) is 13.1 Å². The Bertz CT molecular complexity index is 950. The molecule has 148 valence electrons. The van der Waals surface area contributed by atoms with Crippen LogP contribution in [0, 0.1) is 0 Å². The summed E-state index contributed by atoms with van der Waals surface area (Å²) in [5, 5.41) is 9.96. The first-order valence-electron chi connectivity index (χ1n) is 8.87. The van der Waals surface area contributed by atoms with Gasteiger partial charge >= 0.3 is 5.97 Å². The third-order valence-corrected chi connectivity index (χ3v) is 6.49. The van der Waals surface area contributed by atoms with Gasteiger partial charge in [-0.3, -0.25) is 14.6 Å². The Morgan fingerprint density at radius 1 is 1.21 bits per heavy atom. The summed E-state index contributed by atoms with van der Waals surface area (Å²) in [7, 11) is -4.18. The smallest absolute Gasteiger partial charge is 0.324 e. The van der Waals surface area contributed by atoms with Crippen molar-refractivity contribution in [1.82, 2.24) is 14.2 Å². The number of aromatic nitrogens is 1. The van der Waals surface area contributed by atoms with Crippen LogP contribution in [-0.2, 0) is 19.6 Å². The molecule has 9 heteroatoms. The fourth-order valence-electron chi connectivity index (χ4n) is 3.44. The highest BCUT2D eigenvalue weighted by Crippen LogP contribution is 2.35. The van der Waals surface area contributed by atoms with Gasteiger partial charge in [-0.1, -0.05) is 31.2 Å². The van der Waals surface area contributed by atoms with Crippen molar-refractivity contribution in [3.8, 4) is 0 Å². The molecule has 1 N–H and O–H groups in total. The molecule has 0 bridgehead atoms. The van der Waals surface area contributed by atoms with Crippen molar-refractivity contribution in [2.45, 2.75) is 30.3 Å². The fourth-order valence-corrected chi connectivity index (χ4v) is 5.00. The van der Waals surface area contributed by atoms with E-state index in [2.05, 4.69) is 4.98 Å². The minimum atomic E-state index is -4.18. The molecule has 1 aromatic heterocycles. The Morgan fingerprint density at radius 3 is 2.50 bits per heavy atom. The van der Waals surface area contributed by atoms with Gasteiger partial charge in [0.25, 0.3) is 0 Å². The quantitative estimate of drug-likeness (QED) is 0.783. The molecule has 1 fully saturated rings. The van der Waals surface area contributed by atoms with Crippen LogP contribution in [0.25, 0.3) is 0 Å². The number of amides is 1. The molecule has 1 saturated heterocycles. The normalized spacial score (nSPS) is 20.9. The predicted octanol–water partition coefficient (Wildman–Crippen LogP) is 1.52. The maximum absolute atomic E-state index is 13.2. The van der Waals surface area contributed by atoms with Crippen LogP contribution >= 0.6 is 0 Å². The minimum Gasteiger partial charge on any atom is -0.480 e. The summed E-state index contributed by atoms with van der Waals surface area (Å²) in [6, 6.07) is 8.40. The fraction of sp³-hybridized carbons (Fsp3) is 0.316. The summed E-state index contributed by atoms with van der Waals surface area (Å²) >= 11 is 0. The van der Waals surface area contributed by atoms with Crippen LogP contribution in [0.2, 0.25) is 0 Å². The number of carboxylic acid groups (broad SMARTS) is 1. The number of carboxylic acids is 1. The number of carbonyl (C=O) groups excluding carboxylic acids is 1. The Morgan fingerprint density at radius 2 is 1.93 bits per heavy atom. The Kier molecular flexibility index (Phi) is 5.76. The maximum atomic E-state index is 13.2. The topological polar surface area (TPSA) is 108 Å². The van der Waals surface area contributed by atoms with Gasteiger partial charge in [0.15, 0.2) is 0 Å². The third-order valence-electron chi connectivity index (χ3n) is 4.65. The molecular weight excluding hydrogens is 382 g/mol. The lowest BCUT2D eigenvalue weighted by Gasteiger charge is -2.44. The van der Waals surface area contributed by atoms with Gasteiger partial charge in [0.1, 0.15) is 6.04 Å². The van der Waals surface area contributed by atoms with Crippen LogP contribution in [0.1, 0.15) is 24.9 Å². The van der Waals surface area contributed by atoms with E-state index in [4.69, 9.17) is 0 Å². The second-order valence-corrected chi connectivity index (χ2v) is 8.36. The van der Waals surface area contributed by atoms with Crippen LogP contribution in [0.15, 0.2) is 59.8 Å². The molecule has 1 aliphatic rings. The highest BCUT2D eigenvalue weighted by atomic mass is 32.2. The number of carbonyl (C=O) groups is 2. The van der Waals surface area contributed by atoms with E-state index in [0.717, 1.165) is 4.31 Å². The third kappa shape index (κ3) is 3.63. The lowest BCUT2D eigenvalue weighted by molar-refractivity contribution is -0.153. The van der Waals surface area contributed by atoms with Crippen molar-refractivity contribution in [3.05, 3.63) is 60.4 Å². The van der Waals surface area contributed by atoms with Crippen molar-refractivity contribution in [3.63, 3.8) is 0 Å². The zero-order valence-corrected chi connectivity index (χ0v) is 16.1. The molecular formula is C19H21N3O5S. The van der Waals surface area contributed by atoms with Crippen LogP contribution in [0.3, 0.4) is 0 Å². The van der Waals surface area contributed by atoms with Crippen LogP contribution < -0.4 is 0 Å². The lowest BCUT2D eigenvalue weighted by Crippen LogP contribution is -2.61. The summed E-state index contributed by atoms with van der Waals surface area (Å²) in [6.07, 6.45) is 3.61. The summed E-state index contributed by atoms with van der Waals surface area (Å²) in [6.45, 7) is 1.67. The molecule has 1 aliphatic heterocycles. The molecule has 8 nitrogen and oxygen atoms in total. The van der Waals surface area contributed by atoms with E-state index in [1.807, 2.05) is 6.92 Å². The van der Waals surface area contributed by atoms with Crippen molar-refractivity contribution >= 4 is 21.9 Å². The number of hydrogen-bond donors (Lipinski definition) is 1. The number of pyridine rings is 1. The molecule has 1 aromatic carbocycles. The number of piperazine rings is 1. The van der Waals surface area contributed by atoms with Crippen LogP contribution in [-0.4, -0.2) is 58.7 Å². The molecule has 2 heterocycles. The first-order chi connectivity index (χ1) is 13.4. The highest BCUT2D eigenvalue weighted by molar-refractivity contribution is 7.89. The standard InChI is InChI=1S/C19H21N3O5S/c1-2-11-21-16(23)13-22(28(26,27)15-8-4-3-5-9-15)18(19(24)25)17(21)14-7-6-10-20-12-14/h3-10,12,17-18H,2,11,13H2,1H3,(H,24,25)/t17-,18+/m1/s1. The first kappa shape index (κ1) is 20.0. The van der Waals surface area contributed by atoms with Gasteiger partial charge in [0.05, 0.1) is 17.5 Å². The van der Waals surface area contributed by atoms with Crippen molar-refractivity contribution in [2.24, 2.45) is 0 Å². The minimum absolute atomic E-state index is 0.0528. The molecule has 3 rings (SSSR count). The zero-order chi connectivity index (χ0) is 20.3. The Balaban J connectivity index is 2.14. The van der Waals surface area contributed by atoms with Gasteiger partial charge in [-0.2, -0.15) is 4.31 Å². The molecule has 1 amide bonds. The summed E-state index contributed by atoms with van der Waals surface area (Å²) in [5.41, 5.74) is 0.477. The van der Waals surface area contributed by atoms with E-state index in [9.17, 15) is 23.1 Å². The molecule has 28 heavy (non-hydrogen) atoms. The van der Waals surface area contributed by atoms with Gasteiger partial charge < -0.3 is 10.0 Å². The van der Waals surface area contributed by atoms with Crippen molar-refractivity contribution in [1.29, 1.82) is 0 Å². The van der Waals surface area contributed by atoms with E-state index in [1.165, 1.54) is 29.4 Å². The molecule has 2 aromatic rings. The number of aliphatic carboxylic acids is 1. The van der Waals surface area contributed by atoms with E-state index in [0.29, 0.717) is 18.5 Å². The van der Waals surface area contributed by atoms with Gasteiger partial charge in [-0.25, -0.2) is 8.42 Å². The zero-order valence-electron chi connectivity index (χ0n) is 15.3. The molecule has 0 radical (unpaired) electrons. The van der Waals surface area contributed by atoms with Gasteiger partial charge in [0, 0.05) is 18.9 Å². The molecule has 0 aliphatic carbocycles. The second-order valence-electron chi connectivity index (χ2n) is 6.46. The Hall–Kier alpha value is -2.78. The van der Waals surface area contributed by atoms with E-state index >= 15 is 0 Å². The van der Waals surface area contributed by atoms with E-state index < -0.39 is 40.5 Å². The maximum Gasteiger partial charge on any atom is 0.324 e. The molecule has 0 spiro atoms. The number of rotatable bonds is 6. The number of nitrogens with zero attached hydrogens (tertiary/aromatic N) is 3. The average molecular weight is 403 g/mol. The highest BCUT2D eigenvalue weighted by Gasteiger charge is 2.50. The SMILES string of the molecule is CCCN1C(=O)CN(S(=O)(=O)c2ccccc2)[C@H](C(=O)O)[C@H]1c1cccnc1. The largest absolute Gasteiger partial charge is 0.480 e. The molecule has 0 unspecified atom stereocenters. The monoisotopic (exact) mass is 403 g/mol. The lowest BCUT2D eigenvalue weighted by atomic mass is 9.96. The molecule has 0 saturated carbocycles. The average Bonchev–Trinajstić information content (AvgIpc) is 2.70. The first-order valence-corrected chi connectivity index (χ1v) is 10.3. The number of sulfonamides is 1. The second kappa shape index (κ2) is 8.07. The van der Waals surface area contributed by atoms with Gasteiger partial charge in [-0.15, -0.1) is 0 Å².